The summed E-state index contributed by atoms with van der Waals surface area (Å²) in [6.07, 6.45) is 3.55. The maximum absolute atomic E-state index is 14.0. The minimum absolute atomic E-state index is 0.128. The van der Waals surface area contributed by atoms with Crippen LogP contribution < -0.4 is 10.1 Å². The molecule has 0 bridgehead atoms. The van der Waals surface area contributed by atoms with E-state index in [-0.39, 0.29) is 24.8 Å². The molecule has 2 aromatic heterocycles. The van der Waals surface area contributed by atoms with Gasteiger partial charge in [0.2, 0.25) is 5.91 Å². The zero-order chi connectivity index (χ0) is 26.5. The molecular weight excluding hydrogens is 478 g/mol. The predicted molar refractivity (Wildman–Crippen MR) is 147 cm³/mol. The number of H-pyrrole nitrogens is 1. The summed E-state index contributed by atoms with van der Waals surface area (Å²) in [7, 11) is 1.59. The number of nitrogens with zero attached hydrogens (tertiary/aromatic N) is 1. The monoisotopic (exact) mass is 507 g/mol. The lowest BCUT2D eigenvalue weighted by Crippen LogP contribution is -2.41. The molecular formula is C31H29N3O4. The lowest BCUT2D eigenvalue weighted by molar-refractivity contribution is -0.139. The van der Waals surface area contributed by atoms with Crippen molar-refractivity contribution in [3.63, 3.8) is 0 Å². The lowest BCUT2D eigenvalue weighted by atomic mass is 10.0. The van der Waals surface area contributed by atoms with Crippen molar-refractivity contribution in [1.82, 2.24) is 9.88 Å². The zero-order valence-corrected chi connectivity index (χ0v) is 21.3. The molecule has 5 aromatic rings. The number of hydrogen-bond donors (Lipinski definition) is 2. The maximum atomic E-state index is 14.0. The number of amides is 2. The van der Waals surface area contributed by atoms with Crippen LogP contribution in [-0.4, -0.2) is 28.8 Å². The Bertz CT molecular complexity index is 1520. The molecule has 0 aliphatic carbocycles. The molecule has 0 radical (unpaired) electrons. The number of hydrogen-bond acceptors (Lipinski definition) is 4. The van der Waals surface area contributed by atoms with E-state index in [1.54, 1.807) is 54.7 Å². The molecule has 7 heteroatoms. The molecule has 1 atom stereocenters. The molecule has 2 heterocycles. The number of carbonyl (C=O) groups is 2. The molecule has 0 aliphatic heterocycles. The molecule has 0 fully saturated rings. The topological polar surface area (TPSA) is 87.6 Å². The molecule has 7 nitrogen and oxygen atoms in total. The molecule has 192 valence electrons. The maximum Gasteiger partial charge on any atom is 0.251 e. The Hall–Kier alpha value is -4.78. The zero-order valence-electron chi connectivity index (χ0n) is 21.3. The van der Waals surface area contributed by atoms with E-state index in [0.29, 0.717) is 22.8 Å². The Balaban J connectivity index is 1.51. The van der Waals surface area contributed by atoms with E-state index in [9.17, 15) is 9.59 Å². The van der Waals surface area contributed by atoms with Crippen LogP contribution in [0, 0.1) is 6.92 Å². The number of nitrogens with one attached hydrogen (secondary N) is 2. The minimum atomic E-state index is -0.888. The first-order valence-corrected chi connectivity index (χ1v) is 12.4. The second kappa shape index (κ2) is 11.1. The standard InChI is InChI=1S/C31H29N3O4/c1-21-9-11-22(12-10-21)30(31(36)33-24-13-15-25(37-2)16-14-24)34(20-26-6-5-17-38-26)29(35)18-23-19-32-28-8-4-3-7-27(23)28/h3-17,19,30,32H,18,20H2,1-2H3,(H,33,36)/t30-/m0/s1. The number of para-hydroxylation sites is 1. The summed E-state index contributed by atoms with van der Waals surface area (Å²) in [6, 6.07) is 25.3. The molecule has 0 aliphatic rings. The first-order chi connectivity index (χ1) is 18.5. The molecule has 3 aromatic carbocycles. The van der Waals surface area contributed by atoms with Gasteiger partial charge in [0.1, 0.15) is 17.6 Å². The van der Waals surface area contributed by atoms with Gasteiger partial charge < -0.3 is 24.4 Å². The molecule has 0 unspecified atom stereocenters. The third-order valence-corrected chi connectivity index (χ3v) is 6.55. The number of aryl methyl sites for hydroxylation is 1. The van der Waals surface area contributed by atoms with E-state index < -0.39 is 6.04 Å². The highest BCUT2D eigenvalue weighted by Crippen LogP contribution is 2.28. The Labute approximate surface area is 221 Å². The summed E-state index contributed by atoms with van der Waals surface area (Å²) in [5.74, 6) is 0.762. The van der Waals surface area contributed by atoms with Gasteiger partial charge in [-0.3, -0.25) is 9.59 Å². The van der Waals surface area contributed by atoms with Gasteiger partial charge in [-0.15, -0.1) is 0 Å². The molecule has 0 spiro atoms. The average Bonchev–Trinajstić information content (AvgIpc) is 3.60. The Kier molecular flexibility index (Phi) is 7.26. The Morgan fingerprint density at radius 3 is 2.45 bits per heavy atom. The quantitative estimate of drug-likeness (QED) is 0.255. The number of aromatic amines is 1. The Morgan fingerprint density at radius 1 is 0.974 bits per heavy atom. The van der Waals surface area contributed by atoms with Crippen molar-refractivity contribution < 1.29 is 18.7 Å². The summed E-state index contributed by atoms with van der Waals surface area (Å²) in [6.45, 7) is 2.13. The highest BCUT2D eigenvalue weighted by Gasteiger charge is 2.32. The highest BCUT2D eigenvalue weighted by atomic mass is 16.5. The van der Waals surface area contributed by atoms with Crippen LogP contribution in [0.15, 0.2) is 102 Å². The summed E-state index contributed by atoms with van der Waals surface area (Å²) >= 11 is 0. The van der Waals surface area contributed by atoms with Crippen molar-refractivity contribution in [2.75, 3.05) is 12.4 Å². The first kappa shape index (κ1) is 24.9. The van der Waals surface area contributed by atoms with Gasteiger partial charge in [-0.25, -0.2) is 0 Å². The number of fused-ring (bicyclic) bond motifs is 1. The van der Waals surface area contributed by atoms with Gasteiger partial charge in [0.15, 0.2) is 0 Å². The van der Waals surface area contributed by atoms with Crippen molar-refractivity contribution >= 4 is 28.4 Å². The number of aromatic nitrogens is 1. The van der Waals surface area contributed by atoms with Crippen LogP contribution >= 0.6 is 0 Å². The summed E-state index contributed by atoms with van der Waals surface area (Å²) in [5.41, 5.74) is 4.20. The highest BCUT2D eigenvalue weighted by molar-refractivity contribution is 5.98. The van der Waals surface area contributed by atoms with Crippen LogP contribution in [0.2, 0.25) is 0 Å². The van der Waals surface area contributed by atoms with Gasteiger partial charge >= 0.3 is 0 Å². The van der Waals surface area contributed by atoms with E-state index in [1.807, 2.05) is 61.7 Å². The van der Waals surface area contributed by atoms with Gasteiger partial charge in [-0.05, 0) is 60.5 Å². The minimum Gasteiger partial charge on any atom is -0.497 e. The van der Waals surface area contributed by atoms with Crippen LogP contribution in [0.4, 0.5) is 5.69 Å². The molecule has 5 rings (SSSR count). The first-order valence-electron chi connectivity index (χ1n) is 12.4. The molecule has 2 N–H and O–H groups in total. The van der Waals surface area contributed by atoms with Crippen molar-refractivity contribution in [3.8, 4) is 5.75 Å². The van der Waals surface area contributed by atoms with Gasteiger partial charge in [0.05, 0.1) is 26.3 Å². The van der Waals surface area contributed by atoms with Crippen molar-refractivity contribution in [2.45, 2.75) is 25.9 Å². The van der Waals surface area contributed by atoms with Crippen LogP contribution in [0.3, 0.4) is 0 Å². The lowest BCUT2D eigenvalue weighted by Gasteiger charge is -2.31. The number of rotatable bonds is 9. The predicted octanol–water partition coefficient (Wildman–Crippen LogP) is 6.03. The van der Waals surface area contributed by atoms with E-state index in [2.05, 4.69) is 10.3 Å². The third kappa shape index (κ3) is 5.47. The SMILES string of the molecule is COc1ccc(NC(=O)[C@H](c2ccc(C)cc2)N(Cc2ccco2)C(=O)Cc2c[nH]c3ccccc23)cc1. The van der Waals surface area contributed by atoms with E-state index >= 15 is 0 Å². The Morgan fingerprint density at radius 2 is 1.74 bits per heavy atom. The number of benzene rings is 3. The molecule has 0 saturated carbocycles. The number of carbonyl (C=O) groups excluding carboxylic acids is 2. The molecule has 2 amide bonds. The van der Waals surface area contributed by atoms with Crippen LogP contribution in [0.1, 0.15) is 28.5 Å². The van der Waals surface area contributed by atoms with Crippen molar-refractivity contribution in [3.05, 3.63) is 120 Å². The normalized spacial score (nSPS) is 11.7. The van der Waals surface area contributed by atoms with Crippen LogP contribution in [0.25, 0.3) is 10.9 Å². The number of ether oxygens (including phenoxy) is 1. The van der Waals surface area contributed by atoms with Crippen LogP contribution in [0.5, 0.6) is 5.75 Å². The number of furan rings is 1. The average molecular weight is 508 g/mol. The van der Waals surface area contributed by atoms with Gasteiger partial charge in [0.25, 0.3) is 5.91 Å². The van der Waals surface area contributed by atoms with E-state index in [0.717, 1.165) is 22.0 Å². The van der Waals surface area contributed by atoms with Crippen LogP contribution in [-0.2, 0) is 22.6 Å². The summed E-state index contributed by atoms with van der Waals surface area (Å²) in [5, 5.41) is 3.96. The van der Waals surface area contributed by atoms with Crippen molar-refractivity contribution in [2.24, 2.45) is 0 Å². The molecule has 0 saturated heterocycles. The second-order valence-electron chi connectivity index (χ2n) is 9.17. The second-order valence-corrected chi connectivity index (χ2v) is 9.17. The van der Waals surface area contributed by atoms with E-state index in [4.69, 9.17) is 9.15 Å². The molecule has 38 heavy (non-hydrogen) atoms. The fraction of sp³-hybridized carbons (Fsp3) is 0.161. The van der Waals surface area contributed by atoms with Gasteiger partial charge in [0, 0.05) is 22.8 Å². The fourth-order valence-corrected chi connectivity index (χ4v) is 4.54. The largest absolute Gasteiger partial charge is 0.497 e. The summed E-state index contributed by atoms with van der Waals surface area (Å²) < 4.78 is 10.8. The third-order valence-electron chi connectivity index (χ3n) is 6.55. The summed E-state index contributed by atoms with van der Waals surface area (Å²) in [4.78, 5) is 32.7. The van der Waals surface area contributed by atoms with Gasteiger partial charge in [-0.1, -0.05) is 48.0 Å². The van der Waals surface area contributed by atoms with Gasteiger partial charge in [-0.2, -0.15) is 0 Å². The smallest absolute Gasteiger partial charge is 0.251 e. The fourth-order valence-electron chi connectivity index (χ4n) is 4.54. The van der Waals surface area contributed by atoms with Crippen molar-refractivity contribution in [1.29, 1.82) is 0 Å². The number of methoxy groups -OCH3 is 1. The number of anilines is 1. The van der Waals surface area contributed by atoms with E-state index in [1.165, 1.54) is 0 Å².